The summed E-state index contributed by atoms with van der Waals surface area (Å²) in [5, 5.41) is 22.2. The number of hydrogen-bond acceptors (Lipinski definition) is 5. The number of carbonyl (C=O) groups is 1. The quantitative estimate of drug-likeness (QED) is 0.686. The number of hydrogen-bond donors (Lipinski definition) is 3. The van der Waals surface area contributed by atoms with Crippen LogP contribution in [0.3, 0.4) is 0 Å². The van der Waals surface area contributed by atoms with Crippen molar-refractivity contribution < 1.29 is 19.7 Å². The monoisotopic (exact) mass is 344 g/mol. The minimum atomic E-state index is -0.523. The van der Waals surface area contributed by atoms with Crippen LogP contribution < -0.4 is 5.32 Å². The predicted octanol–water partition coefficient (Wildman–Crippen LogP) is 1.99. The fourth-order valence-electron chi connectivity index (χ4n) is 2.87. The Morgan fingerprint density at radius 3 is 2.33 bits per heavy atom. The zero-order valence-corrected chi connectivity index (χ0v) is 16.1. The summed E-state index contributed by atoms with van der Waals surface area (Å²) < 4.78 is 5.37. The first-order valence-corrected chi connectivity index (χ1v) is 8.90. The van der Waals surface area contributed by atoms with Gasteiger partial charge in [0.05, 0.1) is 6.10 Å². The molecule has 3 N–H and O–H groups in total. The van der Waals surface area contributed by atoms with E-state index in [1.807, 2.05) is 20.8 Å². The van der Waals surface area contributed by atoms with E-state index < -0.39 is 17.8 Å². The second kappa shape index (κ2) is 8.50. The zero-order chi connectivity index (χ0) is 18.5. The molecule has 0 aromatic carbocycles. The summed E-state index contributed by atoms with van der Waals surface area (Å²) in [6.07, 6.45) is 0.923. The molecule has 1 heterocycles. The van der Waals surface area contributed by atoms with Crippen LogP contribution >= 0.6 is 0 Å². The van der Waals surface area contributed by atoms with Crippen molar-refractivity contribution in [2.45, 2.75) is 72.1 Å². The van der Waals surface area contributed by atoms with E-state index in [9.17, 15) is 15.0 Å². The Labute approximate surface area is 146 Å². The molecule has 0 bridgehead atoms. The van der Waals surface area contributed by atoms with E-state index in [1.54, 1.807) is 0 Å². The number of aliphatic hydroxyl groups excluding tert-OH is 2. The van der Waals surface area contributed by atoms with Gasteiger partial charge in [-0.1, -0.05) is 20.8 Å². The summed E-state index contributed by atoms with van der Waals surface area (Å²) in [4.78, 5) is 14.2. The lowest BCUT2D eigenvalue weighted by atomic mass is 9.88. The number of β-amino-alcohol motifs (C(OH)–C–C–N with tert-alkyl or cyclic N) is 1. The number of alkyl carbamates (subject to hydrolysis) is 1. The molecule has 0 radical (unpaired) electrons. The van der Waals surface area contributed by atoms with Crippen molar-refractivity contribution in [1.82, 2.24) is 10.2 Å². The molecule has 6 nitrogen and oxygen atoms in total. The smallest absolute Gasteiger partial charge is 0.407 e. The third-order valence-corrected chi connectivity index (χ3v) is 4.16. The molecule has 3 atom stereocenters. The lowest BCUT2D eigenvalue weighted by Crippen LogP contribution is -2.45. The molecular weight excluding hydrogens is 308 g/mol. The summed E-state index contributed by atoms with van der Waals surface area (Å²) in [7, 11) is 0. The summed E-state index contributed by atoms with van der Waals surface area (Å²) in [6.45, 7) is 13.9. The molecular formula is C18H36N2O4. The van der Waals surface area contributed by atoms with Gasteiger partial charge in [0.2, 0.25) is 0 Å². The predicted molar refractivity (Wildman–Crippen MR) is 94.9 cm³/mol. The SMILES string of the molecule is CC(C)(C)CCC(CN1CC(O)C(CO)C1)NC(=O)OC(C)(C)C. The number of ether oxygens (including phenoxy) is 1. The molecule has 1 amide bonds. The second-order valence-electron chi connectivity index (χ2n) is 9.17. The normalized spacial score (nSPS) is 24.0. The minimum Gasteiger partial charge on any atom is -0.444 e. The molecule has 0 aromatic heterocycles. The Balaban J connectivity index is 2.62. The van der Waals surface area contributed by atoms with Crippen LogP contribution in [0.1, 0.15) is 54.4 Å². The van der Waals surface area contributed by atoms with Gasteiger partial charge in [0, 0.05) is 38.2 Å². The third-order valence-electron chi connectivity index (χ3n) is 4.16. The maximum Gasteiger partial charge on any atom is 0.407 e. The van der Waals surface area contributed by atoms with E-state index in [2.05, 4.69) is 31.0 Å². The van der Waals surface area contributed by atoms with Crippen molar-refractivity contribution >= 4 is 6.09 Å². The van der Waals surface area contributed by atoms with E-state index in [4.69, 9.17) is 4.74 Å². The van der Waals surface area contributed by atoms with Crippen LogP contribution in [-0.2, 0) is 4.74 Å². The molecule has 0 spiro atoms. The van der Waals surface area contributed by atoms with Gasteiger partial charge in [-0.25, -0.2) is 4.79 Å². The molecule has 0 aromatic rings. The Kier molecular flexibility index (Phi) is 7.50. The van der Waals surface area contributed by atoms with Gasteiger partial charge in [-0.2, -0.15) is 0 Å². The molecule has 3 unspecified atom stereocenters. The highest BCUT2D eigenvalue weighted by Crippen LogP contribution is 2.23. The van der Waals surface area contributed by atoms with Crippen LogP contribution in [0, 0.1) is 11.3 Å². The summed E-state index contributed by atoms with van der Waals surface area (Å²) in [5.41, 5.74) is -0.337. The van der Waals surface area contributed by atoms with Crippen molar-refractivity contribution in [3.8, 4) is 0 Å². The van der Waals surface area contributed by atoms with Gasteiger partial charge in [-0.05, 0) is 39.0 Å². The molecule has 0 saturated carbocycles. The van der Waals surface area contributed by atoms with Crippen molar-refractivity contribution in [2.75, 3.05) is 26.2 Å². The maximum absolute atomic E-state index is 12.1. The van der Waals surface area contributed by atoms with Crippen LogP contribution in [0.4, 0.5) is 4.79 Å². The third kappa shape index (κ3) is 8.31. The highest BCUT2D eigenvalue weighted by atomic mass is 16.6. The van der Waals surface area contributed by atoms with Gasteiger partial charge in [-0.3, -0.25) is 4.90 Å². The number of likely N-dealkylation sites (tertiary alicyclic amines) is 1. The average Bonchev–Trinajstić information content (AvgIpc) is 2.73. The fraction of sp³-hybridized carbons (Fsp3) is 0.944. The van der Waals surface area contributed by atoms with Crippen LogP contribution in [0.25, 0.3) is 0 Å². The Bertz CT molecular complexity index is 401. The molecule has 24 heavy (non-hydrogen) atoms. The van der Waals surface area contributed by atoms with Gasteiger partial charge in [-0.15, -0.1) is 0 Å². The highest BCUT2D eigenvalue weighted by Gasteiger charge is 2.32. The maximum atomic E-state index is 12.1. The summed E-state index contributed by atoms with van der Waals surface area (Å²) >= 11 is 0. The van der Waals surface area contributed by atoms with Crippen molar-refractivity contribution in [2.24, 2.45) is 11.3 Å². The molecule has 142 valence electrons. The van der Waals surface area contributed by atoms with Crippen molar-refractivity contribution in [3.05, 3.63) is 0 Å². The van der Waals surface area contributed by atoms with Crippen molar-refractivity contribution in [3.63, 3.8) is 0 Å². The van der Waals surface area contributed by atoms with Crippen molar-refractivity contribution in [1.29, 1.82) is 0 Å². The standard InChI is InChI=1S/C18H36N2O4/c1-17(2,3)8-7-14(19-16(23)24-18(4,5)6)10-20-9-13(12-21)15(22)11-20/h13-15,21-22H,7-12H2,1-6H3,(H,19,23). The number of rotatable bonds is 6. The summed E-state index contributed by atoms with van der Waals surface area (Å²) in [5.74, 6) is -0.102. The topological polar surface area (TPSA) is 82.0 Å². The molecule has 1 aliphatic rings. The van der Waals surface area contributed by atoms with E-state index in [-0.39, 0.29) is 24.0 Å². The summed E-state index contributed by atoms with van der Waals surface area (Å²) in [6, 6.07) is -0.0382. The molecule has 1 aliphatic heterocycles. The molecule has 1 rings (SSSR count). The first kappa shape index (κ1) is 21.2. The van der Waals surface area contributed by atoms with Crippen LogP contribution in [0.2, 0.25) is 0 Å². The van der Waals surface area contributed by atoms with E-state index >= 15 is 0 Å². The number of nitrogens with one attached hydrogen (secondary N) is 1. The van der Waals surface area contributed by atoms with Gasteiger partial charge in [0.15, 0.2) is 0 Å². The van der Waals surface area contributed by atoms with E-state index in [0.717, 1.165) is 12.8 Å². The first-order valence-electron chi connectivity index (χ1n) is 8.90. The lowest BCUT2D eigenvalue weighted by Gasteiger charge is -2.29. The van der Waals surface area contributed by atoms with Gasteiger partial charge in [0.1, 0.15) is 5.60 Å². The van der Waals surface area contributed by atoms with Gasteiger partial charge >= 0.3 is 6.09 Å². The zero-order valence-electron chi connectivity index (χ0n) is 16.1. The molecule has 0 aliphatic carbocycles. The lowest BCUT2D eigenvalue weighted by molar-refractivity contribution is 0.0485. The number of aliphatic hydroxyl groups is 2. The van der Waals surface area contributed by atoms with Gasteiger partial charge in [0.25, 0.3) is 0 Å². The van der Waals surface area contributed by atoms with E-state index in [0.29, 0.717) is 19.6 Å². The Morgan fingerprint density at radius 1 is 1.25 bits per heavy atom. The Hall–Kier alpha value is -0.850. The number of amides is 1. The van der Waals surface area contributed by atoms with E-state index in [1.165, 1.54) is 0 Å². The highest BCUT2D eigenvalue weighted by molar-refractivity contribution is 5.68. The largest absolute Gasteiger partial charge is 0.444 e. The molecule has 1 fully saturated rings. The second-order valence-corrected chi connectivity index (χ2v) is 9.17. The number of nitrogens with zero attached hydrogens (tertiary/aromatic N) is 1. The molecule has 1 saturated heterocycles. The average molecular weight is 344 g/mol. The fourth-order valence-corrected chi connectivity index (χ4v) is 2.87. The minimum absolute atomic E-state index is 0.0101. The first-order chi connectivity index (χ1) is 10.9. The van der Waals surface area contributed by atoms with Crippen LogP contribution in [0.15, 0.2) is 0 Å². The number of carbonyl (C=O) groups excluding carboxylic acids is 1. The molecule has 6 heteroatoms. The van der Waals surface area contributed by atoms with Gasteiger partial charge < -0.3 is 20.3 Å². The van der Waals surface area contributed by atoms with Crippen LogP contribution in [-0.4, -0.2) is 65.2 Å². The Morgan fingerprint density at radius 2 is 1.88 bits per heavy atom. The van der Waals surface area contributed by atoms with Crippen LogP contribution in [0.5, 0.6) is 0 Å².